The van der Waals surface area contributed by atoms with Crippen molar-refractivity contribution in [3.05, 3.63) is 39.8 Å². The number of para-hydroxylation sites is 1. The van der Waals surface area contributed by atoms with Crippen molar-refractivity contribution < 1.29 is 9.90 Å². The molecule has 0 atom stereocenters. The molecular weight excluding hydrogens is 260 g/mol. The van der Waals surface area contributed by atoms with Crippen LogP contribution in [0.25, 0.3) is 5.69 Å². The van der Waals surface area contributed by atoms with Crippen LogP contribution in [-0.4, -0.2) is 30.9 Å². The highest BCUT2D eigenvalue weighted by atomic mass is 35.5. The first-order valence-electron chi connectivity index (χ1n) is 5.09. The third-order valence-electron chi connectivity index (χ3n) is 2.26. The van der Waals surface area contributed by atoms with Crippen LogP contribution < -0.4 is 5.69 Å². The van der Waals surface area contributed by atoms with Gasteiger partial charge in [-0.05, 0) is 22.6 Å². The van der Waals surface area contributed by atoms with E-state index in [2.05, 4.69) is 10.4 Å². The van der Waals surface area contributed by atoms with Gasteiger partial charge in [-0.15, -0.1) is 0 Å². The van der Waals surface area contributed by atoms with Gasteiger partial charge in [0.2, 0.25) is 0 Å². The molecule has 7 nitrogen and oxygen atoms in total. The van der Waals surface area contributed by atoms with E-state index in [-0.39, 0.29) is 13.0 Å². The van der Waals surface area contributed by atoms with Gasteiger partial charge < -0.3 is 5.11 Å². The molecule has 0 aliphatic heterocycles. The largest absolute Gasteiger partial charge is 0.481 e. The van der Waals surface area contributed by atoms with Gasteiger partial charge in [0.15, 0.2) is 0 Å². The maximum Gasteiger partial charge on any atom is 0.368 e. The number of carboxylic acid groups (broad SMARTS) is 1. The van der Waals surface area contributed by atoms with Crippen LogP contribution in [0.3, 0.4) is 0 Å². The fourth-order valence-corrected chi connectivity index (χ4v) is 1.61. The number of halogens is 1. The second-order valence-electron chi connectivity index (χ2n) is 3.49. The topological polar surface area (TPSA) is 90.0 Å². The van der Waals surface area contributed by atoms with Crippen LogP contribution in [0, 0.1) is 0 Å². The molecule has 0 bridgehead atoms. The number of benzene rings is 1. The molecule has 0 radical (unpaired) electrons. The van der Waals surface area contributed by atoms with E-state index >= 15 is 0 Å². The van der Waals surface area contributed by atoms with Gasteiger partial charge >= 0.3 is 11.7 Å². The summed E-state index contributed by atoms with van der Waals surface area (Å²) in [4.78, 5) is 22.3. The Labute approximate surface area is 106 Å². The minimum absolute atomic E-state index is 0.0291. The molecule has 1 heterocycles. The highest BCUT2D eigenvalue weighted by Crippen LogP contribution is 2.16. The molecule has 0 spiro atoms. The van der Waals surface area contributed by atoms with Crippen LogP contribution >= 0.6 is 11.6 Å². The lowest BCUT2D eigenvalue weighted by Crippen LogP contribution is -2.25. The second-order valence-corrected chi connectivity index (χ2v) is 3.90. The summed E-state index contributed by atoms with van der Waals surface area (Å²) in [6, 6.07) is 6.69. The Kier molecular flexibility index (Phi) is 3.42. The molecule has 0 unspecified atom stereocenters. The third-order valence-corrected chi connectivity index (χ3v) is 2.58. The maximum atomic E-state index is 11.9. The Hall–Kier alpha value is -2.15. The zero-order valence-electron chi connectivity index (χ0n) is 9.15. The summed E-state index contributed by atoms with van der Waals surface area (Å²) >= 11 is 5.94. The quantitative estimate of drug-likeness (QED) is 0.875. The van der Waals surface area contributed by atoms with E-state index in [0.717, 1.165) is 9.36 Å². The van der Waals surface area contributed by atoms with E-state index < -0.39 is 11.7 Å². The van der Waals surface area contributed by atoms with E-state index in [1.807, 2.05) is 0 Å². The van der Waals surface area contributed by atoms with Crippen molar-refractivity contribution >= 4 is 17.6 Å². The lowest BCUT2D eigenvalue weighted by Gasteiger charge is -2.00. The van der Waals surface area contributed by atoms with Crippen molar-refractivity contribution in [2.45, 2.75) is 13.0 Å². The minimum atomic E-state index is -1.01. The summed E-state index contributed by atoms with van der Waals surface area (Å²) in [5.74, 6) is -1.01. The van der Waals surface area contributed by atoms with Crippen molar-refractivity contribution in [1.82, 2.24) is 19.8 Å². The molecule has 94 valence electrons. The van der Waals surface area contributed by atoms with Gasteiger partial charge in [0, 0.05) is 0 Å². The predicted octanol–water partition coefficient (Wildman–Crippen LogP) is 0.557. The number of hydrogen-bond acceptors (Lipinski definition) is 4. The summed E-state index contributed by atoms with van der Waals surface area (Å²) in [5.41, 5.74) is -0.116. The first-order chi connectivity index (χ1) is 8.59. The summed E-state index contributed by atoms with van der Waals surface area (Å²) in [6.45, 7) is -0.0291. The Balaban J connectivity index is 2.34. The van der Waals surface area contributed by atoms with E-state index in [1.54, 1.807) is 24.3 Å². The zero-order valence-corrected chi connectivity index (χ0v) is 9.91. The monoisotopic (exact) mass is 268 g/mol. The van der Waals surface area contributed by atoms with E-state index in [1.165, 1.54) is 0 Å². The van der Waals surface area contributed by atoms with Gasteiger partial charge in [0.25, 0.3) is 0 Å². The van der Waals surface area contributed by atoms with Crippen molar-refractivity contribution in [1.29, 1.82) is 0 Å². The van der Waals surface area contributed by atoms with Gasteiger partial charge in [-0.1, -0.05) is 23.7 Å². The first kappa shape index (κ1) is 12.3. The van der Waals surface area contributed by atoms with E-state index in [9.17, 15) is 9.59 Å². The molecule has 0 saturated carbocycles. The highest BCUT2D eigenvalue weighted by Gasteiger charge is 2.11. The number of aromatic nitrogens is 4. The van der Waals surface area contributed by atoms with Crippen molar-refractivity contribution in [3.63, 3.8) is 0 Å². The Morgan fingerprint density at radius 1 is 1.33 bits per heavy atom. The Morgan fingerprint density at radius 3 is 2.72 bits per heavy atom. The van der Waals surface area contributed by atoms with Crippen LogP contribution in [0.1, 0.15) is 6.42 Å². The van der Waals surface area contributed by atoms with E-state index in [0.29, 0.717) is 10.7 Å². The second kappa shape index (κ2) is 5.01. The van der Waals surface area contributed by atoms with Gasteiger partial charge in [-0.25, -0.2) is 4.79 Å². The van der Waals surface area contributed by atoms with Crippen LogP contribution in [-0.2, 0) is 11.3 Å². The standard InChI is InChI=1S/C10H9ClN4O3/c11-7-3-1-2-4-8(7)15-10(18)14(12-13-15)6-5-9(16)17/h1-4H,5-6H2,(H,16,17). The first-order valence-corrected chi connectivity index (χ1v) is 5.47. The molecule has 0 saturated heterocycles. The number of aryl methyl sites for hydroxylation is 1. The minimum Gasteiger partial charge on any atom is -0.481 e. The average Bonchev–Trinajstić information content (AvgIpc) is 2.69. The summed E-state index contributed by atoms with van der Waals surface area (Å²) < 4.78 is 2.02. The fraction of sp³-hybridized carbons (Fsp3) is 0.200. The molecule has 0 amide bonds. The van der Waals surface area contributed by atoms with Crippen LogP contribution in [0.5, 0.6) is 0 Å². The molecule has 8 heteroatoms. The molecule has 2 rings (SSSR count). The summed E-state index contributed by atoms with van der Waals surface area (Å²) in [6.07, 6.45) is -0.193. The lowest BCUT2D eigenvalue weighted by molar-refractivity contribution is -0.137. The average molecular weight is 269 g/mol. The summed E-state index contributed by atoms with van der Waals surface area (Å²) in [5, 5.41) is 16.2. The van der Waals surface area contributed by atoms with Gasteiger partial charge in [0.05, 0.1) is 23.7 Å². The molecule has 18 heavy (non-hydrogen) atoms. The molecular formula is C10H9ClN4O3. The number of nitrogens with zero attached hydrogens (tertiary/aromatic N) is 4. The molecule has 0 fully saturated rings. The molecule has 2 aromatic rings. The Bertz CT molecular complexity index is 634. The Morgan fingerprint density at radius 2 is 2.06 bits per heavy atom. The normalized spacial score (nSPS) is 10.5. The van der Waals surface area contributed by atoms with E-state index in [4.69, 9.17) is 16.7 Å². The van der Waals surface area contributed by atoms with Crippen molar-refractivity contribution in [2.24, 2.45) is 0 Å². The van der Waals surface area contributed by atoms with Gasteiger partial charge in [0.1, 0.15) is 0 Å². The summed E-state index contributed by atoms with van der Waals surface area (Å²) in [7, 11) is 0. The molecule has 1 aromatic heterocycles. The van der Waals surface area contributed by atoms with Crippen molar-refractivity contribution in [3.8, 4) is 5.69 Å². The molecule has 0 aliphatic carbocycles. The lowest BCUT2D eigenvalue weighted by atomic mass is 10.3. The van der Waals surface area contributed by atoms with Crippen LogP contribution in [0.4, 0.5) is 0 Å². The number of hydrogen-bond donors (Lipinski definition) is 1. The molecule has 1 aromatic carbocycles. The number of tetrazole rings is 1. The third kappa shape index (κ3) is 2.40. The van der Waals surface area contributed by atoms with Crippen LogP contribution in [0.2, 0.25) is 5.02 Å². The SMILES string of the molecule is O=C(O)CCn1nnn(-c2ccccc2Cl)c1=O. The van der Waals surface area contributed by atoms with Crippen LogP contribution in [0.15, 0.2) is 29.1 Å². The zero-order chi connectivity index (χ0) is 13.1. The molecule has 1 N–H and O–H groups in total. The maximum absolute atomic E-state index is 11.9. The van der Waals surface area contributed by atoms with Gasteiger partial charge in [-0.2, -0.15) is 9.36 Å². The smallest absolute Gasteiger partial charge is 0.368 e. The number of carboxylic acids is 1. The fourth-order valence-electron chi connectivity index (χ4n) is 1.39. The number of carbonyl (C=O) groups is 1. The predicted molar refractivity (Wildman–Crippen MR) is 62.9 cm³/mol. The number of aliphatic carboxylic acids is 1. The van der Waals surface area contributed by atoms with Crippen molar-refractivity contribution in [2.75, 3.05) is 0 Å². The molecule has 0 aliphatic rings. The number of rotatable bonds is 4. The highest BCUT2D eigenvalue weighted by molar-refractivity contribution is 6.32. The van der Waals surface area contributed by atoms with Gasteiger partial charge in [-0.3, -0.25) is 4.79 Å².